The van der Waals surface area contributed by atoms with Crippen molar-refractivity contribution in [1.82, 2.24) is 5.32 Å². The van der Waals surface area contributed by atoms with Gasteiger partial charge in [-0.05, 0) is 32.4 Å². The Morgan fingerprint density at radius 2 is 1.36 bits per heavy atom. The Hall–Kier alpha value is 0.250. The second kappa shape index (κ2) is 13.2. The van der Waals surface area contributed by atoms with Crippen molar-refractivity contribution in [3.05, 3.63) is 0 Å². The molecule has 2 heteroatoms. The number of hydrogen-bond donors (Lipinski definition) is 1. The van der Waals surface area contributed by atoms with Crippen LogP contribution in [-0.2, 0) is 0 Å². The van der Waals surface area contributed by atoms with Crippen LogP contribution in [0.4, 0.5) is 0 Å². The Kier molecular flexibility index (Phi) is 13.5. The lowest BCUT2D eigenvalue weighted by molar-refractivity contribution is 0.564. The molecule has 0 aliphatic carbocycles. The van der Waals surface area contributed by atoms with Gasteiger partial charge in [0.1, 0.15) is 0 Å². The highest BCUT2D eigenvalue weighted by Crippen LogP contribution is 2.01. The normalized spacial score (nSPS) is 10.7. The van der Waals surface area contributed by atoms with Crippen LogP contribution in [0.2, 0.25) is 0 Å². The Labute approximate surface area is 94.6 Å². The average Bonchev–Trinajstić information content (AvgIpc) is 2.21. The van der Waals surface area contributed by atoms with E-state index in [-0.39, 0.29) is 0 Å². The number of halogens is 1. The summed E-state index contributed by atoms with van der Waals surface area (Å²) in [6.45, 7) is 4.63. The minimum absolute atomic E-state index is 0.816. The van der Waals surface area contributed by atoms with E-state index in [4.69, 9.17) is 11.6 Å². The molecule has 0 aliphatic heterocycles. The van der Waals surface area contributed by atoms with Gasteiger partial charge in [0.2, 0.25) is 0 Å². The molecule has 0 aliphatic rings. The lowest BCUT2D eigenvalue weighted by Crippen LogP contribution is -2.16. The molecule has 0 amide bonds. The zero-order valence-corrected chi connectivity index (χ0v) is 10.4. The molecule has 0 fully saturated rings. The van der Waals surface area contributed by atoms with E-state index in [1.165, 1.54) is 64.5 Å². The Morgan fingerprint density at radius 1 is 0.786 bits per heavy atom. The number of rotatable bonds is 11. The molecule has 0 aromatic carbocycles. The van der Waals surface area contributed by atoms with Crippen molar-refractivity contribution in [3.8, 4) is 0 Å². The molecule has 0 bridgehead atoms. The fourth-order valence-electron chi connectivity index (χ4n) is 1.50. The fourth-order valence-corrected chi connectivity index (χ4v) is 1.69. The monoisotopic (exact) mass is 219 g/mol. The number of hydrogen-bond acceptors (Lipinski definition) is 1. The summed E-state index contributed by atoms with van der Waals surface area (Å²) in [5.41, 5.74) is 0. The maximum Gasteiger partial charge on any atom is 0.0223 e. The van der Waals surface area contributed by atoms with Crippen LogP contribution in [0.15, 0.2) is 0 Å². The number of unbranched alkanes of at least 4 members (excludes halogenated alkanes) is 6. The summed E-state index contributed by atoms with van der Waals surface area (Å²) in [4.78, 5) is 0. The first-order valence-corrected chi connectivity index (χ1v) is 6.72. The van der Waals surface area contributed by atoms with Gasteiger partial charge in [0.25, 0.3) is 0 Å². The van der Waals surface area contributed by atoms with Gasteiger partial charge in [-0.1, -0.05) is 39.0 Å². The van der Waals surface area contributed by atoms with Crippen LogP contribution in [0.3, 0.4) is 0 Å². The highest BCUT2D eigenvalue weighted by atomic mass is 35.5. The van der Waals surface area contributed by atoms with Crippen LogP contribution < -0.4 is 5.32 Å². The molecule has 0 rings (SSSR count). The summed E-state index contributed by atoms with van der Waals surface area (Å²) in [6, 6.07) is 0. The predicted molar refractivity (Wildman–Crippen MR) is 66.2 cm³/mol. The quantitative estimate of drug-likeness (QED) is 0.410. The zero-order valence-electron chi connectivity index (χ0n) is 9.66. The maximum absolute atomic E-state index is 5.59. The van der Waals surface area contributed by atoms with Crippen molar-refractivity contribution in [2.45, 2.75) is 58.3 Å². The van der Waals surface area contributed by atoms with Crippen molar-refractivity contribution in [3.63, 3.8) is 0 Å². The van der Waals surface area contributed by atoms with E-state index in [9.17, 15) is 0 Å². The third kappa shape index (κ3) is 12.2. The van der Waals surface area contributed by atoms with Crippen LogP contribution in [0.5, 0.6) is 0 Å². The van der Waals surface area contributed by atoms with Crippen molar-refractivity contribution < 1.29 is 0 Å². The third-order valence-electron chi connectivity index (χ3n) is 2.44. The first-order valence-electron chi connectivity index (χ1n) is 6.18. The molecule has 0 atom stereocenters. The molecule has 0 aromatic rings. The molecular weight excluding hydrogens is 194 g/mol. The van der Waals surface area contributed by atoms with Crippen LogP contribution in [0.25, 0.3) is 0 Å². The van der Waals surface area contributed by atoms with Gasteiger partial charge in [-0.15, -0.1) is 11.6 Å². The smallest absolute Gasteiger partial charge is 0.0223 e. The topological polar surface area (TPSA) is 12.0 Å². The number of nitrogens with one attached hydrogen (secondary N) is 1. The second-order valence-electron chi connectivity index (χ2n) is 3.91. The Bertz CT molecular complexity index is 84.3. The molecule has 0 spiro atoms. The molecule has 0 saturated heterocycles. The molecule has 0 radical (unpaired) electrons. The summed E-state index contributed by atoms with van der Waals surface area (Å²) < 4.78 is 0. The van der Waals surface area contributed by atoms with Gasteiger partial charge in [-0.2, -0.15) is 0 Å². The van der Waals surface area contributed by atoms with E-state index in [0.717, 1.165) is 5.88 Å². The second-order valence-corrected chi connectivity index (χ2v) is 4.29. The highest BCUT2D eigenvalue weighted by Gasteiger charge is 1.90. The van der Waals surface area contributed by atoms with E-state index in [0.29, 0.717) is 0 Å². The van der Waals surface area contributed by atoms with Crippen LogP contribution >= 0.6 is 11.6 Å². The maximum atomic E-state index is 5.59. The minimum atomic E-state index is 0.816. The van der Waals surface area contributed by atoms with Crippen LogP contribution in [0.1, 0.15) is 58.3 Å². The zero-order chi connectivity index (χ0) is 10.5. The first kappa shape index (κ1) is 14.2. The lowest BCUT2D eigenvalue weighted by atomic mass is 10.1. The molecule has 0 aromatic heterocycles. The number of alkyl halides is 1. The van der Waals surface area contributed by atoms with Gasteiger partial charge < -0.3 is 5.32 Å². The molecule has 14 heavy (non-hydrogen) atoms. The molecule has 0 saturated carbocycles. The van der Waals surface area contributed by atoms with Crippen molar-refractivity contribution in [2.24, 2.45) is 0 Å². The molecule has 1 nitrogen and oxygen atoms in total. The van der Waals surface area contributed by atoms with Crippen molar-refractivity contribution in [2.75, 3.05) is 19.0 Å². The van der Waals surface area contributed by atoms with E-state index < -0.39 is 0 Å². The largest absolute Gasteiger partial charge is 0.317 e. The van der Waals surface area contributed by atoms with Gasteiger partial charge in [-0.3, -0.25) is 0 Å². The SMILES string of the molecule is CCCCCCCNCCCCCCl. The van der Waals surface area contributed by atoms with Gasteiger partial charge in [0, 0.05) is 5.88 Å². The van der Waals surface area contributed by atoms with Crippen LogP contribution in [0, 0.1) is 0 Å². The van der Waals surface area contributed by atoms with Crippen molar-refractivity contribution >= 4 is 11.6 Å². The Morgan fingerprint density at radius 3 is 1.93 bits per heavy atom. The van der Waals surface area contributed by atoms with E-state index in [2.05, 4.69) is 12.2 Å². The molecular formula is C12H26ClN. The summed E-state index contributed by atoms with van der Waals surface area (Å²) in [5.74, 6) is 0.816. The van der Waals surface area contributed by atoms with Gasteiger partial charge in [0.15, 0.2) is 0 Å². The molecule has 0 heterocycles. The van der Waals surface area contributed by atoms with Gasteiger partial charge >= 0.3 is 0 Å². The summed E-state index contributed by atoms with van der Waals surface area (Å²) in [5, 5.41) is 3.48. The van der Waals surface area contributed by atoms with E-state index >= 15 is 0 Å². The van der Waals surface area contributed by atoms with E-state index in [1.807, 2.05) is 0 Å². The minimum Gasteiger partial charge on any atom is -0.317 e. The molecule has 86 valence electrons. The average molecular weight is 220 g/mol. The summed E-state index contributed by atoms with van der Waals surface area (Å²) in [7, 11) is 0. The van der Waals surface area contributed by atoms with Gasteiger partial charge in [-0.25, -0.2) is 0 Å². The first-order chi connectivity index (χ1) is 6.91. The highest BCUT2D eigenvalue weighted by molar-refractivity contribution is 6.17. The van der Waals surface area contributed by atoms with Crippen molar-refractivity contribution in [1.29, 1.82) is 0 Å². The lowest BCUT2D eigenvalue weighted by Gasteiger charge is -2.03. The van der Waals surface area contributed by atoms with E-state index in [1.54, 1.807) is 0 Å². The fraction of sp³-hybridized carbons (Fsp3) is 1.00. The molecule has 0 unspecified atom stereocenters. The predicted octanol–water partition coefficient (Wildman–Crippen LogP) is 3.96. The summed E-state index contributed by atoms with van der Waals surface area (Å²) in [6.07, 6.45) is 10.6. The third-order valence-corrected chi connectivity index (χ3v) is 2.71. The molecule has 1 N–H and O–H groups in total. The van der Waals surface area contributed by atoms with Gasteiger partial charge in [0.05, 0.1) is 0 Å². The Balaban J connectivity index is 2.78. The standard InChI is InChI=1S/C12H26ClN/c1-2-3-4-5-8-11-14-12-9-6-7-10-13/h14H,2-12H2,1H3. The summed E-state index contributed by atoms with van der Waals surface area (Å²) >= 11 is 5.59. The van der Waals surface area contributed by atoms with Crippen LogP contribution in [-0.4, -0.2) is 19.0 Å².